The number of hydrogen-bond donors (Lipinski definition) is 2. The van der Waals surface area contributed by atoms with Crippen molar-refractivity contribution in [1.82, 2.24) is 4.57 Å². The minimum absolute atomic E-state index is 0.0456. The third-order valence-electron chi connectivity index (χ3n) is 4.68. The molecule has 0 saturated carbocycles. The van der Waals surface area contributed by atoms with Crippen LogP contribution in [0.15, 0.2) is 59.6 Å². The SMILES string of the molecule is Cc1cc(C(=O)[AsH]Cc2ccc(C(N)=NC(=O)O)cc2)c(C)n1-c1ccc(Cl)cc1. The molecule has 3 rings (SSSR count). The van der Waals surface area contributed by atoms with E-state index < -0.39 is 21.8 Å². The number of aliphatic imine (C=N–C) groups is 1. The van der Waals surface area contributed by atoms with Crippen LogP contribution >= 0.6 is 11.6 Å². The summed E-state index contributed by atoms with van der Waals surface area (Å²) in [5.41, 5.74) is 10.9. The van der Waals surface area contributed by atoms with Gasteiger partial charge < -0.3 is 0 Å². The van der Waals surface area contributed by atoms with E-state index in [0.717, 1.165) is 28.2 Å². The molecule has 0 spiro atoms. The Morgan fingerprint density at radius 2 is 1.73 bits per heavy atom. The third kappa shape index (κ3) is 5.01. The zero-order valence-corrected chi connectivity index (χ0v) is 19.4. The number of nitrogens with two attached hydrogens (primary N) is 1. The van der Waals surface area contributed by atoms with Crippen LogP contribution < -0.4 is 5.73 Å². The van der Waals surface area contributed by atoms with Crippen LogP contribution in [-0.4, -0.2) is 41.9 Å². The Morgan fingerprint density at radius 1 is 1.10 bits per heavy atom. The van der Waals surface area contributed by atoms with Crippen molar-refractivity contribution in [3.05, 3.63) is 87.7 Å². The number of carboxylic acid groups (broad SMARTS) is 1. The van der Waals surface area contributed by atoms with Gasteiger partial charge in [-0.2, -0.15) is 0 Å². The molecule has 0 aliphatic rings. The summed E-state index contributed by atoms with van der Waals surface area (Å²) in [7, 11) is 0. The van der Waals surface area contributed by atoms with Crippen LogP contribution in [0.5, 0.6) is 0 Å². The Kier molecular flexibility index (Phi) is 6.80. The average Bonchev–Trinajstić information content (AvgIpc) is 3.01. The summed E-state index contributed by atoms with van der Waals surface area (Å²) in [4.78, 5) is 26.8. The number of benzene rings is 2. The molecule has 154 valence electrons. The van der Waals surface area contributed by atoms with Gasteiger partial charge in [0.05, 0.1) is 0 Å². The van der Waals surface area contributed by atoms with E-state index in [1.807, 2.05) is 56.3 Å². The molecule has 0 aliphatic heterocycles. The Morgan fingerprint density at radius 3 is 2.33 bits per heavy atom. The van der Waals surface area contributed by atoms with Gasteiger partial charge in [0.15, 0.2) is 0 Å². The molecular formula is C22H21AsClN3O3. The zero-order valence-electron chi connectivity index (χ0n) is 16.5. The fourth-order valence-electron chi connectivity index (χ4n) is 3.22. The molecule has 0 aliphatic carbocycles. The number of halogens is 1. The molecule has 2 aromatic carbocycles. The normalized spacial score (nSPS) is 11.9. The predicted molar refractivity (Wildman–Crippen MR) is 121 cm³/mol. The van der Waals surface area contributed by atoms with Crippen molar-refractivity contribution < 1.29 is 14.7 Å². The first-order chi connectivity index (χ1) is 14.3. The molecule has 6 nitrogen and oxygen atoms in total. The van der Waals surface area contributed by atoms with Crippen LogP contribution in [-0.2, 0) is 5.21 Å². The van der Waals surface area contributed by atoms with Gasteiger partial charge in [-0.25, -0.2) is 0 Å². The van der Waals surface area contributed by atoms with Crippen molar-refractivity contribution in [3.8, 4) is 5.69 Å². The van der Waals surface area contributed by atoms with E-state index in [1.165, 1.54) is 0 Å². The summed E-state index contributed by atoms with van der Waals surface area (Å²) in [6.45, 7) is 3.94. The number of hydrogen-bond acceptors (Lipinski definition) is 2. The summed E-state index contributed by atoms with van der Waals surface area (Å²) in [6.07, 6.45) is -1.33. The first-order valence-electron chi connectivity index (χ1n) is 9.15. The number of aromatic nitrogens is 1. The molecule has 3 N–H and O–H groups in total. The van der Waals surface area contributed by atoms with E-state index in [0.29, 0.717) is 15.8 Å². The summed E-state index contributed by atoms with van der Waals surface area (Å²) in [5, 5.41) is 10.0. The molecule has 3 aromatic rings. The van der Waals surface area contributed by atoms with Crippen LogP contribution in [0.25, 0.3) is 5.69 Å². The Bertz CT molecular complexity index is 1120. The van der Waals surface area contributed by atoms with E-state index >= 15 is 0 Å². The van der Waals surface area contributed by atoms with E-state index in [-0.39, 0.29) is 10.4 Å². The van der Waals surface area contributed by atoms with Gasteiger partial charge in [-0.15, -0.1) is 0 Å². The maximum atomic E-state index is 12.9. The predicted octanol–water partition coefficient (Wildman–Crippen LogP) is 3.91. The molecule has 0 saturated heterocycles. The van der Waals surface area contributed by atoms with Crippen molar-refractivity contribution in [2.75, 3.05) is 0 Å². The molecule has 1 aromatic heterocycles. The number of amides is 1. The van der Waals surface area contributed by atoms with Crippen molar-refractivity contribution in [2.45, 2.75) is 19.1 Å². The summed E-state index contributed by atoms with van der Waals surface area (Å²) in [5.74, 6) is -0.0456. The molecule has 8 heteroatoms. The number of aryl methyl sites for hydroxylation is 1. The van der Waals surface area contributed by atoms with Gasteiger partial charge in [0.25, 0.3) is 0 Å². The van der Waals surface area contributed by atoms with E-state index in [9.17, 15) is 9.59 Å². The van der Waals surface area contributed by atoms with Gasteiger partial charge in [-0.3, -0.25) is 0 Å². The van der Waals surface area contributed by atoms with Gasteiger partial charge in [-0.05, 0) is 0 Å². The Labute approximate surface area is 186 Å². The monoisotopic (exact) mass is 485 g/mol. The van der Waals surface area contributed by atoms with Crippen LogP contribution in [0, 0.1) is 13.8 Å². The molecule has 0 fully saturated rings. The molecule has 0 radical (unpaired) electrons. The maximum absolute atomic E-state index is 12.9. The number of nitrogens with zero attached hydrogens (tertiary/aromatic N) is 2. The molecule has 1 unspecified atom stereocenters. The van der Waals surface area contributed by atoms with Crippen LogP contribution in [0.3, 0.4) is 0 Å². The Balaban J connectivity index is 1.72. The minimum atomic E-state index is -1.33. The zero-order chi connectivity index (χ0) is 21.8. The number of amidine groups is 1. The van der Waals surface area contributed by atoms with Crippen molar-refractivity contribution in [1.29, 1.82) is 0 Å². The second-order valence-corrected chi connectivity index (χ2v) is 9.63. The summed E-state index contributed by atoms with van der Waals surface area (Å²) >= 11 is 5.08. The summed E-state index contributed by atoms with van der Waals surface area (Å²) in [6, 6.07) is 16.6. The van der Waals surface area contributed by atoms with Crippen molar-refractivity contribution in [3.63, 3.8) is 0 Å². The molecule has 30 heavy (non-hydrogen) atoms. The standard InChI is InChI=1S/C22H21AsClN3O3/c1-13-11-19(14(2)27(13)18-9-7-17(24)8-10-18)20(28)23-12-15-3-5-16(6-4-15)21(25)26-22(29)30/h3-11,23H,12H2,1-2H3,(H2,25,26)(H,29,30). The topological polar surface area (TPSA) is 97.7 Å². The molecule has 1 amide bonds. The second kappa shape index (κ2) is 9.33. The molecule has 1 atom stereocenters. The fourth-order valence-corrected chi connectivity index (χ4v) is 5.53. The van der Waals surface area contributed by atoms with Gasteiger partial charge in [-0.1, -0.05) is 0 Å². The Hall–Kier alpha value is -2.82. The number of carbonyl (C=O) groups is 2. The first kappa shape index (κ1) is 21.9. The summed E-state index contributed by atoms with van der Waals surface area (Å²) < 4.78 is 2.26. The van der Waals surface area contributed by atoms with Gasteiger partial charge in [0.2, 0.25) is 0 Å². The second-order valence-electron chi connectivity index (χ2n) is 6.76. The fraction of sp³-hybridized carbons (Fsp3) is 0.136. The van der Waals surface area contributed by atoms with Crippen LogP contribution in [0.2, 0.25) is 5.02 Å². The molecule has 1 heterocycles. The van der Waals surface area contributed by atoms with Crippen LogP contribution in [0.4, 0.5) is 4.79 Å². The van der Waals surface area contributed by atoms with Gasteiger partial charge >= 0.3 is 186 Å². The van der Waals surface area contributed by atoms with E-state index in [2.05, 4.69) is 9.56 Å². The van der Waals surface area contributed by atoms with E-state index in [4.69, 9.17) is 22.4 Å². The van der Waals surface area contributed by atoms with Gasteiger partial charge in [0, 0.05) is 0 Å². The quantitative estimate of drug-likeness (QED) is 0.314. The average molecular weight is 486 g/mol. The molecular weight excluding hydrogens is 465 g/mol. The van der Waals surface area contributed by atoms with Gasteiger partial charge in [0.1, 0.15) is 0 Å². The number of rotatable bonds is 6. The van der Waals surface area contributed by atoms with Crippen molar-refractivity contribution >= 4 is 43.9 Å². The number of carbonyl (C=O) groups excluding carboxylic acids is 1. The van der Waals surface area contributed by atoms with Crippen molar-refractivity contribution in [2.24, 2.45) is 10.7 Å². The van der Waals surface area contributed by atoms with Crippen LogP contribution in [0.1, 0.15) is 32.9 Å². The van der Waals surface area contributed by atoms with E-state index in [1.54, 1.807) is 12.1 Å². The molecule has 0 bridgehead atoms. The third-order valence-corrected chi connectivity index (χ3v) is 7.40. The first-order valence-corrected chi connectivity index (χ1v) is 12.1.